The number of hydrogen-bond acceptors (Lipinski definition) is 4. The van der Waals surface area contributed by atoms with Crippen molar-refractivity contribution >= 4 is 5.97 Å². The van der Waals surface area contributed by atoms with Crippen LogP contribution >= 0.6 is 0 Å². The molecular weight excluding hydrogens is 182 g/mol. The van der Waals surface area contributed by atoms with Crippen molar-refractivity contribution in [2.24, 2.45) is 11.7 Å². The number of nitrogens with two attached hydrogens (primary N) is 1. The van der Waals surface area contributed by atoms with Gasteiger partial charge in [-0.05, 0) is 19.8 Å². The lowest BCUT2D eigenvalue weighted by molar-refractivity contribution is -0.154. The molecule has 0 spiro atoms. The summed E-state index contributed by atoms with van der Waals surface area (Å²) in [5, 5.41) is 9.52. The van der Waals surface area contributed by atoms with Gasteiger partial charge in [-0.2, -0.15) is 0 Å². The molecule has 0 rings (SSSR count). The van der Waals surface area contributed by atoms with E-state index < -0.39 is 11.6 Å². The van der Waals surface area contributed by atoms with Crippen LogP contribution in [0.4, 0.5) is 0 Å². The molecule has 0 radical (unpaired) electrons. The van der Waals surface area contributed by atoms with Gasteiger partial charge >= 0.3 is 5.97 Å². The fraction of sp³-hybridized carbons (Fsp3) is 0.900. The fourth-order valence-electron chi connectivity index (χ4n) is 0.768. The van der Waals surface area contributed by atoms with Gasteiger partial charge in [0.25, 0.3) is 0 Å². The van der Waals surface area contributed by atoms with Gasteiger partial charge in [0, 0.05) is 6.54 Å². The predicted octanol–water partition coefficient (Wildman–Crippen LogP) is 0.674. The molecule has 2 atom stereocenters. The SMILES string of the molecule is CC(C)C(C)OC(=O)CC(C)(O)CN. The zero-order chi connectivity index (χ0) is 11.4. The quantitative estimate of drug-likeness (QED) is 0.644. The molecular formula is C10H21NO3. The third-order valence-corrected chi connectivity index (χ3v) is 2.22. The summed E-state index contributed by atoms with van der Waals surface area (Å²) >= 11 is 0. The summed E-state index contributed by atoms with van der Waals surface area (Å²) in [6, 6.07) is 0. The molecule has 0 saturated carbocycles. The van der Waals surface area contributed by atoms with E-state index in [1.165, 1.54) is 6.92 Å². The highest BCUT2D eigenvalue weighted by Crippen LogP contribution is 2.12. The van der Waals surface area contributed by atoms with Crippen molar-refractivity contribution in [3.63, 3.8) is 0 Å². The Kier molecular flexibility index (Phi) is 5.08. The molecule has 0 aromatic heterocycles. The lowest BCUT2D eigenvalue weighted by Gasteiger charge is -2.22. The van der Waals surface area contributed by atoms with E-state index >= 15 is 0 Å². The average Bonchev–Trinajstić information content (AvgIpc) is 2.02. The highest BCUT2D eigenvalue weighted by molar-refractivity contribution is 5.70. The smallest absolute Gasteiger partial charge is 0.309 e. The van der Waals surface area contributed by atoms with Crippen LogP contribution < -0.4 is 5.73 Å². The summed E-state index contributed by atoms with van der Waals surface area (Å²) in [4.78, 5) is 11.3. The van der Waals surface area contributed by atoms with Gasteiger partial charge in [0.15, 0.2) is 0 Å². The number of esters is 1. The van der Waals surface area contributed by atoms with E-state index in [1.807, 2.05) is 20.8 Å². The predicted molar refractivity (Wildman–Crippen MR) is 54.7 cm³/mol. The minimum Gasteiger partial charge on any atom is -0.462 e. The minimum absolute atomic E-state index is 0.0537. The van der Waals surface area contributed by atoms with Gasteiger partial charge in [-0.25, -0.2) is 0 Å². The maximum atomic E-state index is 11.3. The highest BCUT2D eigenvalue weighted by atomic mass is 16.5. The van der Waals surface area contributed by atoms with E-state index in [4.69, 9.17) is 10.5 Å². The summed E-state index contributed by atoms with van der Waals surface area (Å²) in [5.41, 5.74) is 4.13. The zero-order valence-electron chi connectivity index (χ0n) is 9.41. The molecule has 0 bridgehead atoms. The normalized spacial score (nSPS) is 17.6. The molecule has 4 heteroatoms. The van der Waals surface area contributed by atoms with Crippen LogP contribution in [0.2, 0.25) is 0 Å². The highest BCUT2D eigenvalue weighted by Gasteiger charge is 2.24. The Hall–Kier alpha value is -0.610. The first-order chi connectivity index (χ1) is 6.28. The van der Waals surface area contributed by atoms with Crippen molar-refractivity contribution in [3.8, 4) is 0 Å². The molecule has 0 heterocycles. The monoisotopic (exact) mass is 203 g/mol. The zero-order valence-corrected chi connectivity index (χ0v) is 9.41. The number of carbonyl (C=O) groups excluding carboxylic acids is 1. The Morgan fingerprint density at radius 3 is 2.36 bits per heavy atom. The van der Waals surface area contributed by atoms with Crippen LogP contribution in [0, 0.1) is 5.92 Å². The van der Waals surface area contributed by atoms with Crippen LogP contribution in [0.3, 0.4) is 0 Å². The molecule has 2 unspecified atom stereocenters. The van der Waals surface area contributed by atoms with Crippen LogP contribution in [0.15, 0.2) is 0 Å². The topological polar surface area (TPSA) is 72.5 Å². The van der Waals surface area contributed by atoms with Crippen molar-refractivity contribution in [2.45, 2.75) is 45.8 Å². The first-order valence-electron chi connectivity index (χ1n) is 4.90. The number of rotatable bonds is 5. The molecule has 84 valence electrons. The second-order valence-electron chi connectivity index (χ2n) is 4.32. The maximum absolute atomic E-state index is 11.3. The van der Waals surface area contributed by atoms with E-state index in [2.05, 4.69) is 0 Å². The van der Waals surface area contributed by atoms with Gasteiger partial charge in [0.05, 0.1) is 12.0 Å². The third kappa shape index (κ3) is 5.19. The summed E-state index contributed by atoms with van der Waals surface area (Å²) in [6.45, 7) is 7.35. The summed E-state index contributed by atoms with van der Waals surface area (Å²) in [6.07, 6.45) is -0.184. The van der Waals surface area contributed by atoms with E-state index in [0.29, 0.717) is 0 Å². The van der Waals surface area contributed by atoms with Crippen molar-refractivity contribution in [1.29, 1.82) is 0 Å². The molecule has 4 nitrogen and oxygen atoms in total. The van der Waals surface area contributed by atoms with Gasteiger partial charge in [0.1, 0.15) is 6.10 Å². The summed E-state index contributed by atoms with van der Waals surface area (Å²) < 4.78 is 5.09. The molecule has 0 saturated heterocycles. The number of carbonyl (C=O) groups is 1. The first kappa shape index (κ1) is 13.4. The van der Waals surface area contributed by atoms with Crippen molar-refractivity contribution in [1.82, 2.24) is 0 Å². The van der Waals surface area contributed by atoms with Crippen molar-refractivity contribution < 1.29 is 14.6 Å². The second-order valence-corrected chi connectivity index (χ2v) is 4.32. The maximum Gasteiger partial charge on any atom is 0.309 e. The Morgan fingerprint density at radius 2 is 2.00 bits per heavy atom. The molecule has 0 aliphatic rings. The van der Waals surface area contributed by atoms with Crippen LogP contribution in [-0.2, 0) is 9.53 Å². The fourth-order valence-corrected chi connectivity index (χ4v) is 0.768. The molecule has 14 heavy (non-hydrogen) atoms. The molecule has 0 fully saturated rings. The van der Waals surface area contributed by atoms with E-state index in [0.717, 1.165) is 0 Å². The van der Waals surface area contributed by atoms with Gasteiger partial charge in [-0.15, -0.1) is 0 Å². The van der Waals surface area contributed by atoms with Gasteiger partial charge in [-0.3, -0.25) is 4.79 Å². The van der Waals surface area contributed by atoms with Crippen molar-refractivity contribution in [3.05, 3.63) is 0 Å². The molecule has 0 aromatic carbocycles. The molecule has 0 amide bonds. The van der Waals surface area contributed by atoms with Gasteiger partial charge in [-0.1, -0.05) is 13.8 Å². The lowest BCUT2D eigenvalue weighted by Crippen LogP contribution is -2.38. The molecule has 0 aliphatic heterocycles. The Morgan fingerprint density at radius 1 is 1.50 bits per heavy atom. The van der Waals surface area contributed by atoms with Crippen LogP contribution in [0.1, 0.15) is 34.1 Å². The Balaban J connectivity index is 3.99. The van der Waals surface area contributed by atoms with Gasteiger partial charge < -0.3 is 15.6 Å². The molecule has 0 aromatic rings. The van der Waals surface area contributed by atoms with Crippen LogP contribution in [0.25, 0.3) is 0 Å². The molecule has 3 N–H and O–H groups in total. The van der Waals surface area contributed by atoms with E-state index in [-0.39, 0.29) is 25.0 Å². The van der Waals surface area contributed by atoms with E-state index in [9.17, 15) is 9.90 Å². The third-order valence-electron chi connectivity index (χ3n) is 2.22. The van der Waals surface area contributed by atoms with E-state index in [1.54, 1.807) is 0 Å². The van der Waals surface area contributed by atoms with Crippen LogP contribution in [0.5, 0.6) is 0 Å². The number of ether oxygens (including phenoxy) is 1. The Bertz CT molecular complexity index is 190. The summed E-state index contributed by atoms with van der Waals surface area (Å²) in [5.74, 6) is -0.122. The number of aliphatic hydroxyl groups is 1. The van der Waals surface area contributed by atoms with Crippen molar-refractivity contribution in [2.75, 3.05) is 6.54 Å². The lowest BCUT2D eigenvalue weighted by atomic mass is 10.0. The second kappa shape index (κ2) is 5.32. The first-order valence-corrected chi connectivity index (χ1v) is 4.90. The summed E-state index contributed by atoms with van der Waals surface area (Å²) in [7, 11) is 0. The average molecular weight is 203 g/mol. The number of hydrogen-bond donors (Lipinski definition) is 2. The largest absolute Gasteiger partial charge is 0.462 e. The van der Waals surface area contributed by atoms with Gasteiger partial charge in [0.2, 0.25) is 0 Å². The Labute approximate surface area is 85.4 Å². The standard InChI is InChI=1S/C10H21NO3/c1-7(2)8(3)14-9(12)5-10(4,13)6-11/h7-8,13H,5-6,11H2,1-4H3. The van der Waals surface area contributed by atoms with Crippen LogP contribution in [-0.4, -0.2) is 29.3 Å². The minimum atomic E-state index is -1.16. The molecule has 0 aliphatic carbocycles.